The summed E-state index contributed by atoms with van der Waals surface area (Å²) in [6, 6.07) is -1.86. The van der Waals surface area contributed by atoms with Gasteiger partial charge in [-0.3, -0.25) is 38.6 Å². The fourth-order valence-electron chi connectivity index (χ4n) is 7.50. The fraction of sp³-hybridized carbons (Fsp3) is 0.564. The van der Waals surface area contributed by atoms with Crippen molar-refractivity contribution < 1.29 is 58.8 Å². The van der Waals surface area contributed by atoms with E-state index in [0.29, 0.717) is 25.8 Å². The lowest BCUT2D eigenvalue weighted by atomic mass is 10.0. The Labute approximate surface area is 361 Å². The molecule has 0 aliphatic carbocycles. The van der Waals surface area contributed by atoms with Gasteiger partial charge in [0.2, 0.25) is 41.4 Å². The van der Waals surface area contributed by atoms with Crippen LogP contribution in [-0.2, 0) is 44.8 Å². The van der Waals surface area contributed by atoms with E-state index in [-0.39, 0.29) is 44.7 Å². The number of aromatic nitrogens is 1. The second kappa shape index (κ2) is 23.2. The number of aliphatic hydroxyl groups excluding tert-OH is 3. The number of guanidine groups is 1. The third-order valence-electron chi connectivity index (χ3n) is 10.8. The van der Waals surface area contributed by atoms with E-state index in [9.17, 15) is 58.8 Å². The van der Waals surface area contributed by atoms with Crippen molar-refractivity contribution in [2.75, 3.05) is 39.4 Å². The lowest BCUT2D eigenvalue weighted by Crippen LogP contribution is -2.61. The van der Waals surface area contributed by atoms with Gasteiger partial charge in [-0.15, -0.1) is 0 Å². The number of aliphatic carboxylic acids is 1. The van der Waals surface area contributed by atoms with Gasteiger partial charge in [0.1, 0.15) is 36.3 Å². The number of nitrogens with one attached hydrogen (secondary N) is 6. The summed E-state index contributed by atoms with van der Waals surface area (Å²) in [6.45, 7) is -0.936. The van der Waals surface area contributed by atoms with Crippen molar-refractivity contribution in [1.82, 2.24) is 41.4 Å². The number of likely N-dealkylation sites (tertiary alicyclic amines) is 2. The zero-order chi connectivity index (χ0) is 46.4. The number of nitrogens with two attached hydrogens (primary N) is 3. The van der Waals surface area contributed by atoms with E-state index in [2.05, 4.69) is 36.6 Å². The van der Waals surface area contributed by atoms with E-state index in [0.717, 1.165) is 28.3 Å². The van der Waals surface area contributed by atoms with E-state index >= 15 is 0 Å². The van der Waals surface area contributed by atoms with Crippen molar-refractivity contribution in [3.8, 4) is 0 Å². The zero-order valence-electron chi connectivity index (χ0n) is 34.8. The highest BCUT2D eigenvalue weighted by Gasteiger charge is 2.41. The molecule has 0 unspecified atom stereocenters. The minimum atomic E-state index is -1.72. The monoisotopic (exact) mass is 886 g/mol. The summed E-state index contributed by atoms with van der Waals surface area (Å²) in [7, 11) is 0. The third-order valence-corrected chi connectivity index (χ3v) is 10.8. The van der Waals surface area contributed by atoms with Gasteiger partial charge in [0.15, 0.2) is 5.96 Å². The summed E-state index contributed by atoms with van der Waals surface area (Å²) >= 11 is 0. The van der Waals surface area contributed by atoms with Crippen LogP contribution in [0.2, 0.25) is 0 Å². The minimum Gasteiger partial charge on any atom is -0.480 e. The first-order chi connectivity index (χ1) is 30.0. The number of benzene rings is 1. The van der Waals surface area contributed by atoms with Crippen LogP contribution in [-0.4, -0.2) is 176 Å². The average Bonchev–Trinajstić information content (AvgIpc) is 4.04. The van der Waals surface area contributed by atoms with Crippen LogP contribution in [0.1, 0.15) is 51.0 Å². The number of aromatic amines is 1. The number of rotatable bonds is 22. The molecule has 0 radical (unpaired) electrons. The molecule has 0 saturated carbocycles. The Balaban J connectivity index is 1.29. The number of carbonyl (C=O) groups is 8. The number of para-hydroxylation sites is 1. The van der Waals surface area contributed by atoms with Gasteiger partial charge in [0.25, 0.3) is 0 Å². The molecule has 0 spiro atoms. The summed E-state index contributed by atoms with van der Waals surface area (Å²) < 4.78 is 0. The van der Waals surface area contributed by atoms with E-state index < -0.39 is 115 Å². The summed E-state index contributed by atoms with van der Waals surface area (Å²) in [5, 5.41) is 52.3. The molecular weight excluding hydrogens is 829 g/mol. The number of fused-ring (bicyclic) bond motifs is 1. The fourth-order valence-corrected chi connectivity index (χ4v) is 7.50. The van der Waals surface area contributed by atoms with Crippen LogP contribution in [0.5, 0.6) is 0 Å². The second-order valence-corrected chi connectivity index (χ2v) is 15.4. The molecule has 1 aromatic carbocycles. The van der Waals surface area contributed by atoms with Crippen LogP contribution in [0.15, 0.2) is 35.5 Å². The number of nitrogens with zero attached hydrogens (tertiary/aromatic N) is 3. The summed E-state index contributed by atoms with van der Waals surface area (Å²) in [4.78, 5) is 114. The number of hydrogen-bond donors (Lipinski definition) is 13. The molecule has 2 aliphatic heterocycles. The quantitative estimate of drug-likeness (QED) is 0.0298. The average molecular weight is 887 g/mol. The highest BCUT2D eigenvalue weighted by molar-refractivity contribution is 5.97. The largest absolute Gasteiger partial charge is 0.480 e. The Morgan fingerprint density at radius 1 is 0.841 bits per heavy atom. The molecule has 8 atom stereocenters. The van der Waals surface area contributed by atoms with E-state index in [1.54, 1.807) is 6.20 Å². The maximum absolute atomic E-state index is 13.6. The Hall–Kier alpha value is -6.37. The van der Waals surface area contributed by atoms with Crippen molar-refractivity contribution in [3.63, 3.8) is 0 Å². The smallest absolute Gasteiger partial charge is 0.326 e. The van der Waals surface area contributed by atoms with Crippen molar-refractivity contribution in [3.05, 3.63) is 36.0 Å². The van der Waals surface area contributed by atoms with Crippen LogP contribution in [0.3, 0.4) is 0 Å². The van der Waals surface area contributed by atoms with Gasteiger partial charge in [-0.2, -0.15) is 0 Å². The molecule has 2 aromatic rings. The molecule has 4 rings (SSSR count). The van der Waals surface area contributed by atoms with E-state index in [4.69, 9.17) is 17.2 Å². The molecule has 7 amide bonds. The van der Waals surface area contributed by atoms with Crippen LogP contribution < -0.4 is 43.8 Å². The Morgan fingerprint density at radius 2 is 1.46 bits per heavy atom. The lowest BCUT2D eigenvalue weighted by molar-refractivity contribution is -0.144. The molecule has 2 saturated heterocycles. The molecule has 24 nitrogen and oxygen atoms in total. The molecule has 24 heteroatoms. The molecule has 346 valence electrons. The number of H-pyrrole nitrogens is 1. The van der Waals surface area contributed by atoms with Gasteiger partial charge in [-0.1, -0.05) is 18.2 Å². The normalized spacial score (nSPS) is 18.9. The number of aliphatic imine (C=N–C) groups is 1. The minimum absolute atomic E-state index is 0.0169. The number of aliphatic hydroxyl groups is 3. The van der Waals surface area contributed by atoms with E-state index in [1.807, 2.05) is 24.3 Å². The third kappa shape index (κ3) is 13.3. The molecule has 2 aliphatic rings. The summed E-state index contributed by atoms with van der Waals surface area (Å²) in [6.07, 6.45) is 1.79. The van der Waals surface area contributed by atoms with Gasteiger partial charge in [-0.25, -0.2) is 4.79 Å². The topological polar surface area (TPSA) is 390 Å². The lowest BCUT2D eigenvalue weighted by Gasteiger charge is -2.30. The van der Waals surface area contributed by atoms with Crippen molar-refractivity contribution >= 4 is 64.2 Å². The first kappa shape index (κ1) is 49.3. The van der Waals surface area contributed by atoms with Crippen molar-refractivity contribution in [2.24, 2.45) is 22.2 Å². The molecular formula is C39H58N12O12. The van der Waals surface area contributed by atoms with Crippen molar-refractivity contribution in [1.29, 1.82) is 0 Å². The Morgan fingerprint density at radius 3 is 2.08 bits per heavy atom. The maximum atomic E-state index is 13.6. The predicted molar refractivity (Wildman–Crippen MR) is 224 cm³/mol. The van der Waals surface area contributed by atoms with Gasteiger partial charge in [0.05, 0.1) is 31.9 Å². The van der Waals surface area contributed by atoms with Crippen LogP contribution in [0, 0.1) is 0 Å². The Bertz CT molecular complexity index is 2010. The molecule has 3 heterocycles. The van der Waals surface area contributed by atoms with Gasteiger partial charge < -0.3 is 79.0 Å². The van der Waals surface area contributed by atoms with Crippen LogP contribution >= 0.6 is 0 Å². The number of hydrogen-bond acceptors (Lipinski definition) is 13. The second-order valence-electron chi connectivity index (χ2n) is 15.4. The number of amides is 7. The molecule has 63 heavy (non-hydrogen) atoms. The molecule has 0 bridgehead atoms. The van der Waals surface area contributed by atoms with Crippen molar-refractivity contribution in [2.45, 2.75) is 100 Å². The van der Waals surface area contributed by atoms with Gasteiger partial charge in [-0.05, 0) is 63.5 Å². The summed E-state index contributed by atoms with van der Waals surface area (Å²) in [5.41, 5.74) is 18.6. The van der Waals surface area contributed by atoms with Crippen LogP contribution in [0.25, 0.3) is 10.9 Å². The SMILES string of the molecule is C[C@@H](O)[C@H](NC(=O)[C@@H]1CCCN1C(=O)[C@H](CO)NC(=O)CNC(=O)[C@@H]1CCCN1C(=O)[C@@H](N)Cc1c[nH]c2ccccc12)C(=O)N[C@@H](CO)C(=O)N[C@@H](CCCN=C(N)N)C(=O)O. The zero-order valence-corrected chi connectivity index (χ0v) is 34.8. The maximum Gasteiger partial charge on any atom is 0.326 e. The van der Waals surface area contributed by atoms with Crippen LogP contribution in [0.4, 0.5) is 0 Å². The van der Waals surface area contributed by atoms with Gasteiger partial charge in [0, 0.05) is 36.7 Å². The van der Waals surface area contributed by atoms with Gasteiger partial charge >= 0.3 is 5.97 Å². The molecule has 2 fully saturated rings. The molecule has 16 N–H and O–H groups in total. The van der Waals surface area contributed by atoms with E-state index in [1.165, 1.54) is 4.90 Å². The number of carbonyl (C=O) groups excluding carboxylic acids is 7. The number of carboxylic acids is 1. The Kier molecular flexibility index (Phi) is 18.1. The number of carboxylic acid groups (broad SMARTS) is 1. The molecule has 1 aromatic heterocycles. The standard InChI is InChI=1S/C39H58N12O12/c1-20(54)31(35(59)48-26(18-52)32(56)47-25(38(62)63)9-4-12-43-39(41)42)49-34(58)29-11-6-14-51(29)37(61)27(19-53)46-30(55)17-45-33(57)28-10-5-13-50(28)36(60)23(40)15-21-16-44-24-8-3-2-7-22(21)24/h2-3,7-8,16,20,23,25-29,31,44,52-54H,4-6,9-15,17-19,40H2,1H3,(H,45,57)(H,46,55)(H,47,56)(H,48,59)(H,49,58)(H,62,63)(H4,41,42,43)/t20-,23+,25+,26+,27+,28+,29+,31+/m1/s1. The first-order valence-electron chi connectivity index (χ1n) is 20.5. The highest BCUT2D eigenvalue weighted by Crippen LogP contribution is 2.23. The summed E-state index contributed by atoms with van der Waals surface area (Å²) in [5.74, 6) is -7.44. The predicted octanol–water partition coefficient (Wildman–Crippen LogP) is -5.42. The first-order valence-corrected chi connectivity index (χ1v) is 20.5. The highest BCUT2D eigenvalue weighted by atomic mass is 16.4.